The molecule has 0 bridgehead atoms. The molecule has 6 nitrogen and oxygen atoms in total. The molecule has 6 heteroatoms. The Morgan fingerprint density at radius 1 is 1.38 bits per heavy atom. The first-order valence-corrected chi connectivity index (χ1v) is 7.30. The molecule has 21 heavy (non-hydrogen) atoms. The highest BCUT2D eigenvalue weighted by Crippen LogP contribution is 2.22. The van der Waals surface area contributed by atoms with E-state index in [0.29, 0.717) is 12.5 Å². The van der Waals surface area contributed by atoms with E-state index in [9.17, 15) is 14.9 Å². The Bertz CT molecular complexity index is 503. The third-order valence-electron chi connectivity index (χ3n) is 3.33. The van der Waals surface area contributed by atoms with E-state index in [-0.39, 0.29) is 11.3 Å². The second-order valence-electron chi connectivity index (χ2n) is 5.14. The molecule has 1 aromatic carbocycles. The maximum Gasteiger partial charge on any atom is 0.282 e. The van der Waals surface area contributed by atoms with Crippen molar-refractivity contribution in [3.8, 4) is 0 Å². The number of nitro benzene ring substituents is 1. The predicted octanol–water partition coefficient (Wildman–Crippen LogP) is 3.19. The van der Waals surface area contributed by atoms with Gasteiger partial charge in [0.25, 0.3) is 11.6 Å². The van der Waals surface area contributed by atoms with Crippen LogP contribution in [0.15, 0.2) is 18.2 Å². The van der Waals surface area contributed by atoms with E-state index in [1.807, 2.05) is 20.8 Å². The first-order valence-electron chi connectivity index (χ1n) is 7.30. The Morgan fingerprint density at radius 3 is 2.67 bits per heavy atom. The predicted molar refractivity (Wildman–Crippen MR) is 83.7 cm³/mol. The number of hydrogen-bond donors (Lipinski definition) is 2. The zero-order valence-electron chi connectivity index (χ0n) is 12.8. The van der Waals surface area contributed by atoms with Crippen LogP contribution in [0.4, 0.5) is 11.4 Å². The molecule has 0 spiro atoms. The van der Waals surface area contributed by atoms with Crippen molar-refractivity contribution in [1.29, 1.82) is 0 Å². The number of carbonyl (C=O) groups excluding carboxylic acids is 1. The largest absolute Gasteiger partial charge is 0.385 e. The number of nitrogens with zero attached hydrogens (tertiary/aromatic N) is 1. The maximum absolute atomic E-state index is 12.2. The monoisotopic (exact) mass is 293 g/mol. The molecular weight excluding hydrogens is 270 g/mol. The van der Waals surface area contributed by atoms with Gasteiger partial charge in [-0.3, -0.25) is 14.9 Å². The van der Waals surface area contributed by atoms with Crippen LogP contribution < -0.4 is 10.6 Å². The van der Waals surface area contributed by atoms with E-state index in [1.165, 1.54) is 6.07 Å². The number of amides is 1. The van der Waals surface area contributed by atoms with Crippen LogP contribution >= 0.6 is 0 Å². The van der Waals surface area contributed by atoms with Crippen LogP contribution in [0.25, 0.3) is 0 Å². The summed E-state index contributed by atoms with van der Waals surface area (Å²) in [6, 6.07) is 4.54. The molecular formula is C15H23N3O3. The van der Waals surface area contributed by atoms with E-state index in [1.54, 1.807) is 12.1 Å². The zero-order chi connectivity index (χ0) is 15.8. The summed E-state index contributed by atoms with van der Waals surface area (Å²) < 4.78 is 0. The molecule has 0 fully saturated rings. The fourth-order valence-electron chi connectivity index (χ4n) is 1.76. The summed E-state index contributed by atoms with van der Waals surface area (Å²) in [6.07, 6.45) is 1.88. The summed E-state index contributed by atoms with van der Waals surface area (Å²) in [4.78, 5) is 22.7. The minimum absolute atomic E-state index is 0.101. The lowest BCUT2D eigenvalue weighted by Gasteiger charge is -2.11. The Hall–Kier alpha value is -2.11. The molecule has 0 heterocycles. The van der Waals surface area contributed by atoms with Crippen LogP contribution in [0.5, 0.6) is 0 Å². The van der Waals surface area contributed by atoms with Crippen molar-refractivity contribution in [2.45, 2.75) is 33.6 Å². The molecule has 0 aliphatic carbocycles. The van der Waals surface area contributed by atoms with Crippen LogP contribution in [0, 0.1) is 16.0 Å². The quantitative estimate of drug-likeness (QED) is 0.569. The number of nitrogens with one attached hydrogen (secondary N) is 2. The summed E-state index contributed by atoms with van der Waals surface area (Å²) >= 11 is 0. The number of carbonyl (C=O) groups is 1. The first-order chi connectivity index (χ1) is 9.99. The normalized spacial score (nSPS) is 11.8. The van der Waals surface area contributed by atoms with Gasteiger partial charge in [0.05, 0.1) is 4.92 Å². The molecule has 2 N–H and O–H groups in total. The van der Waals surface area contributed by atoms with E-state index in [4.69, 9.17) is 0 Å². The molecule has 0 aliphatic rings. The third kappa shape index (κ3) is 5.06. The molecule has 0 saturated carbocycles. The lowest BCUT2D eigenvalue weighted by atomic mass is 10.1. The number of nitro groups is 1. The van der Waals surface area contributed by atoms with Crippen molar-refractivity contribution in [2.75, 3.05) is 18.4 Å². The lowest BCUT2D eigenvalue weighted by Crippen LogP contribution is -2.28. The van der Waals surface area contributed by atoms with Crippen molar-refractivity contribution in [2.24, 2.45) is 5.92 Å². The Labute approximate surface area is 125 Å². The highest BCUT2D eigenvalue weighted by molar-refractivity contribution is 5.99. The van der Waals surface area contributed by atoms with Gasteiger partial charge in [-0.2, -0.15) is 0 Å². The van der Waals surface area contributed by atoms with Crippen LogP contribution in [-0.4, -0.2) is 23.9 Å². The van der Waals surface area contributed by atoms with Crippen LogP contribution in [0.3, 0.4) is 0 Å². The number of anilines is 1. The Kier molecular flexibility index (Phi) is 6.65. The van der Waals surface area contributed by atoms with Crippen LogP contribution in [0.2, 0.25) is 0 Å². The van der Waals surface area contributed by atoms with Gasteiger partial charge in [0.15, 0.2) is 0 Å². The fraction of sp³-hybridized carbons (Fsp3) is 0.533. The molecule has 116 valence electrons. The summed E-state index contributed by atoms with van der Waals surface area (Å²) in [5, 5.41) is 16.9. The number of hydrogen-bond acceptors (Lipinski definition) is 4. The van der Waals surface area contributed by atoms with E-state index in [0.717, 1.165) is 25.1 Å². The van der Waals surface area contributed by atoms with Crippen molar-refractivity contribution in [3.05, 3.63) is 33.9 Å². The van der Waals surface area contributed by atoms with E-state index < -0.39 is 10.8 Å². The van der Waals surface area contributed by atoms with Gasteiger partial charge in [0.1, 0.15) is 5.56 Å². The van der Waals surface area contributed by atoms with Crippen LogP contribution in [0.1, 0.15) is 44.0 Å². The molecule has 1 amide bonds. The van der Waals surface area contributed by atoms with Crippen molar-refractivity contribution >= 4 is 17.3 Å². The van der Waals surface area contributed by atoms with Crippen LogP contribution in [-0.2, 0) is 0 Å². The Morgan fingerprint density at radius 2 is 2.10 bits per heavy atom. The topological polar surface area (TPSA) is 84.3 Å². The fourth-order valence-corrected chi connectivity index (χ4v) is 1.76. The molecule has 1 atom stereocenters. The van der Waals surface area contributed by atoms with Crippen molar-refractivity contribution in [1.82, 2.24) is 5.32 Å². The number of rotatable bonds is 8. The molecule has 1 aromatic rings. The van der Waals surface area contributed by atoms with Gasteiger partial charge in [-0.1, -0.05) is 27.2 Å². The molecule has 0 radical (unpaired) electrons. The molecule has 0 aromatic heterocycles. The van der Waals surface area contributed by atoms with Gasteiger partial charge in [-0.25, -0.2) is 0 Å². The van der Waals surface area contributed by atoms with Crippen molar-refractivity contribution in [3.63, 3.8) is 0 Å². The van der Waals surface area contributed by atoms with Gasteiger partial charge in [-0.05, 0) is 24.5 Å². The van der Waals surface area contributed by atoms with Gasteiger partial charge >= 0.3 is 0 Å². The average Bonchev–Trinajstić information content (AvgIpc) is 2.49. The average molecular weight is 293 g/mol. The minimum Gasteiger partial charge on any atom is -0.385 e. The summed E-state index contributed by atoms with van der Waals surface area (Å²) in [5.41, 5.74) is 0.652. The molecule has 0 aliphatic heterocycles. The van der Waals surface area contributed by atoms with E-state index in [2.05, 4.69) is 10.6 Å². The van der Waals surface area contributed by atoms with Gasteiger partial charge in [0.2, 0.25) is 0 Å². The molecule has 0 saturated heterocycles. The summed E-state index contributed by atoms with van der Waals surface area (Å²) in [6.45, 7) is 7.35. The van der Waals surface area contributed by atoms with Crippen molar-refractivity contribution < 1.29 is 9.72 Å². The van der Waals surface area contributed by atoms with Gasteiger partial charge in [0, 0.05) is 24.8 Å². The van der Waals surface area contributed by atoms with Gasteiger partial charge in [-0.15, -0.1) is 0 Å². The summed E-state index contributed by atoms with van der Waals surface area (Å²) in [5.74, 6) is -0.0587. The molecule has 1 unspecified atom stereocenters. The summed E-state index contributed by atoms with van der Waals surface area (Å²) in [7, 11) is 0. The SMILES string of the molecule is CCCNc1ccc([N+](=O)[O-])c(C(=O)NCC(C)CC)c1. The highest BCUT2D eigenvalue weighted by atomic mass is 16.6. The lowest BCUT2D eigenvalue weighted by molar-refractivity contribution is -0.385. The van der Waals surface area contributed by atoms with E-state index >= 15 is 0 Å². The standard InChI is InChI=1S/C15H23N3O3/c1-4-8-16-12-6-7-14(18(20)21)13(9-12)15(19)17-10-11(3)5-2/h6-7,9,11,16H,4-5,8,10H2,1-3H3,(H,17,19). The second kappa shape index (κ2) is 8.24. The first kappa shape index (κ1) is 16.9. The maximum atomic E-state index is 12.2. The smallest absolute Gasteiger partial charge is 0.282 e. The minimum atomic E-state index is -0.526. The third-order valence-corrected chi connectivity index (χ3v) is 3.33. The zero-order valence-corrected chi connectivity index (χ0v) is 12.8. The van der Waals surface area contributed by atoms with Gasteiger partial charge < -0.3 is 10.6 Å². The second-order valence-corrected chi connectivity index (χ2v) is 5.14. The highest BCUT2D eigenvalue weighted by Gasteiger charge is 2.20. The Balaban J connectivity index is 2.94. The number of benzene rings is 1. The molecule has 1 rings (SSSR count).